The van der Waals surface area contributed by atoms with Gasteiger partial charge in [-0.15, -0.1) is 11.3 Å². The van der Waals surface area contributed by atoms with Crippen LogP contribution in [0.2, 0.25) is 0 Å². The fraction of sp³-hybridized carbons (Fsp3) is 0.286. The summed E-state index contributed by atoms with van der Waals surface area (Å²) in [5.74, 6) is -0.438. The summed E-state index contributed by atoms with van der Waals surface area (Å²) >= 11 is 1.79. The standard InChI is InChI=1S/C14H16FNOS/c1-2-13-3-4-14(18-13)9-16-8-10-5-11(15)7-12(17)6-10/h3-7,16-17H,2,8-9H2,1H3. The Morgan fingerprint density at radius 1 is 1.17 bits per heavy atom. The summed E-state index contributed by atoms with van der Waals surface area (Å²) in [6, 6.07) is 8.35. The van der Waals surface area contributed by atoms with E-state index in [1.54, 1.807) is 17.4 Å². The Labute approximate surface area is 110 Å². The predicted molar refractivity (Wildman–Crippen MR) is 72.3 cm³/mol. The number of phenols is 1. The topological polar surface area (TPSA) is 32.3 Å². The van der Waals surface area contributed by atoms with Crippen LogP contribution in [0.3, 0.4) is 0 Å². The number of aryl methyl sites for hydroxylation is 1. The van der Waals surface area contributed by atoms with E-state index in [-0.39, 0.29) is 5.75 Å². The fourth-order valence-electron chi connectivity index (χ4n) is 1.77. The van der Waals surface area contributed by atoms with E-state index in [9.17, 15) is 9.50 Å². The van der Waals surface area contributed by atoms with Crippen LogP contribution in [0.4, 0.5) is 4.39 Å². The number of hydrogen-bond donors (Lipinski definition) is 2. The van der Waals surface area contributed by atoms with Crippen LogP contribution in [0.1, 0.15) is 22.2 Å². The molecular formula is C14H16FNOS. The molecule has 1 aromatic heterocycles. The Balaban J connectivity index is 1.88. The highest BCUT2D eigenvalue weighted by atomic mass is 32.1. The molecular weight excluding hydrogens is 249 g/mol. The summed E-state index contributed by atoms with van der Waals surface area (Å²) in [5.41, 5.74) is 0.750. The molecule has 0 saturated heterocycles. The van der Waals surface area contributed by atoms with Gasteiger partial charge in [0.2, 0.25) is 0 Å². The van der Waals surface area contributed by atoms with Crippen molar-refractivity contribution in [2.75, 3.05) is 0 Å². The Hall–Kier alpha value is -1.39. The summed E-state index contributed by atoms with van der Waals surface area (Å²) in [7, 11) is 0. The molecule has 0 saturated carbocycles. The van der Waals surface area contributed by atoms with Crippen LogP contribution in [0.25, 0.3) is 0 Å². The van der Waals surface area contributed by atoms with Crippen molar-refractivity contribution in [1.82, 2.24) is 5.32 Å². The smallest absolute Gasteiger partial charge is 0.127 e. The Kier molecular flexibility index (Phi) is 4.33. The highest BCUT2D eigenvalue weighted by Crippen LogP contribution is 2.17. The van der Waals surface area contributed by atoms with Crippen LogP contribution in [-0.2, 0) is 19.5 Å². The van der Waals surface area contributed by atoms with Crippen molar-refractivity contribution < 1.29 is 9.50 Å². The zero-order valence-corrected chi connectivity index (χ0v) is 11.1. The quantitative estimate of drug-likeness (QED) is 0.868. The van der Waals surface area contributed by atoms with Gasteiger partial charge in [-0.2, -0.15) is 0 Å². The van der Waals surface area contributed by atoms with Gasteiger partial charge >= 0.3 is 0 Å². The highest BCUT2D eigenvalue weighted by molar-refractivity contribution is 7.11. The van der Waals surface area contributed by atoms with Gasteiger partial charge in [-0.25, -0.2) is 4.39 Å². The molecule has 2 nitrogen and oxygen atoms in total. The number of phenolic OH excluding ortho intramolecular Hbond substituents is 1. The van der Waals surface area contributed by atoms with Gasteiger partial charge in [-0.3, -0.25) is 0 Å². The molecule has 0 spiro atoms. The number of halogens is 1. The van der Waals surface area contributed by atoms with Crippen molar-refractivity contribution >= 4 is 11.3 Å². The second-order valence-electron chi connectivity index (χ2n) is 4.14. The van der Waals surface area contributed by atoms with Crippen LogP contribution in [0.15, 0.2) is 30.3 Å². The molecule has 1 heterocycles. The zero-order valence-electron chi connectivity index (χ0n) is 10.2. The molecule has 4 heteroatoms. The minimum Gasteiger partial charge on any atom is -0.508 e. The number of hydrogen-bond acceptors (Lipinski definition) is 3. The van der Waals surface area contributed by atoms with Crippen molar-refractivity contribution in [3.8, 4) is 5.75 Å². The maximum atomic E-state index is 13.0. The van der Waals surface area contributed by atoms with Crippen molar-refractivity contribution in [3.63, 3.8) is 0 Å². The number of benzene rings is 1. The number of aromatic hydroxyl groups is 1. The highest BCUT2D eigenvalue weighted by Gasteiger charge is 2.01. The SMILES string of the molecule is CCc1ccc(CNCc2cc(O)cc(F)c2)s1. The van der Waals surface area contributed by atoms with Crippen molar-refractivity contribution in [2.45, 2.75) is 26.4 Å². The lowest BCUT2D eigenvalue weighted by atomic mass is 10.2. The van der Waals surface area contributed by atoms with Gasteiger partial charge in [0.15, 0.2) is 0 Å². The summed E-state index contributed by atoms with van der Waals surface area (Å²) in [6.07, 6.45) is 1.06. The molecule has 0 aliphatic carbocycles. The molecule has 1 aromatic carbocycles. The maximum absolute atomic E-state index is 13.0. The average molecular weight is 265 g/mol. The minimum atomic E-state index is -0.406. The fourth-order valence-corrected chi connectivity index (χ4v) is 2.70. The molecule has 2 aromatic rings. The van der Waals surface area contributed by atoms with E-state index in [1.807, 2.05) is 0 Å². The Bertz CT molecular complexity index is 504. The third kappa shape index (κ3) is 3.55. The molecule has 18 heavy (non-hydrogen) atoms. The number of thiophene rings is 1. The van der Waals surface area contributed by atoms with E-state index in [0.29, 0.717) is 6.54 Å². The number of nitrogens with one attached hydrogen (secondary N) is 1. The molecule has 0 aliphatic rings. The maximum Gasteiger partial charge on any atom is 0.127 e. The predicted octanol–water partition coefficient (Wildman–Crippen LogP) is 3.45. The van der Waals surface area contributed by atoms with E-state index < -0.39 is 5.82 Å². The van der Waals surface area contributed by atoms with E-state index in [1.165, 1.54) is 15.8 Å². The van der Waals surface area contributed by atoms with E-state index in [0.717, 1.165) is 24.6 Å². The summed E-state index contributed by atoms with van der Waals surface area (Å²) in [4.78, 5) is 2.64. The van der Waals surface area contributed by atoms with Crippen LogP contribution < -0.4 is 5.32 Å². The molecule has 2 rings (SSSR count). The van der Waals surface area contributed by atoms with Crippen LogP contribution in [0.5, 0.6) is 5.75 Å². The van der Waals surface area contributed by atoms with E-state index in [2.05, 4.69) is 24.4 Å². The zero-order chi connectivity index (χ0) is 13.0. The van der Waals surface area contributed by atoms with Gasteiger partial charge in [-0.1, -0.05) is 6.92 Å². The monoisotopic (exact) mass is 265 g/mol. The number of rotatable bonds is 5. The first-order chi connectivity index (χ1) is 8.67. The molecule has 0 fully saturated rings. The van der Waals surface area contributed by atoms with Crippen molar-refractivity contribution in [2.24, 2.45) is 0 Å². The molecule has 0 amide bonds. The van der Waals surface area contributed by atoms with Gasteiger partial charge in [0.25, 0.3) is 0 Å². The lowest BCUT2D eigenvalue weighted by Gasteiger charge is -2.04. The normalized spacial score (nSPS) is 10.8. The second-order valence-corrected chi connectivity index (χ2v) is 5.40. The van der Waals surface area contributed by atoms with Gasteiger partial charge in [0.05, 0.1) is 0 Å². The largest absolute Gasteiger partial charge is 0.508 e. The molecule has 0 unspecified atom stereocenters. The first-order valence-corrected chi connectivity index (χ1v) is 6.75. The molecule has 2 N–H and O–H groups in total. The molecule has 0 atom stereocenters. The van der Waals surface area contributed by atoms with E-state index >= 15 is 0 Å². The molecule has 0 radical (unpaired) electrons. The minimum absolute atomic E-state index is 0.0313. The second kappa shape index (κ2) is 5.98. The van der Waals surface area contributed by atoms with Crippen LogP contribution in [-0.4, -0.2) is 5.11 Å². The molecule has 0 aliphatic heterocycles. The third-order valence-electron chi connectivity index (χ3n) is 2.64. The van der Waals surface area contributed by atoms with Gasteiger partial charge < -0.3 is 10.4 Å². The summed E-state index contributed by atoms with van der Waals surface area (Å²) in [6.45, 7) is 3.45. The third-order valence-corrected chi connectivity index (χ3v) is 3.87. The van der Waals surface area contributed by atoms with Gasteiger partial charge in [0.1, 0.15) is 11.6 Å². The first kappa shape index (κ1) is 13.1. The summed E-state index contributed by atoms with van der Waals surface area (Å²) < 4.78 is 13.0. The van der Waals surface area contributed by atoms with Crippen LogP contribution in [0, 0.1) is 5.82 Å². The van der Waals surface area contributed by atoms with Crippen molar-refractivity contribution in [1.29, 1.82) is 0 Å². The molecule has 96 valence electrons. The lowest BCUT2D eigenvalue weighted by molar-refractivity contribution is 0.467. The summed E-state index contributed by atoms with van der Waals surface area (Å²) in [5, 5.41) is 12.5. The van der Waals surface area contributed by atoms with Crippen LogP contribution >= 0.6 is 11.3 Å². The van der Waals surface area contributed by atoms with Gasteiger partial charge in [0, 0.05) is 28.9 Å². The molecule has 0 bridgehead atoms. The van der Waals surface area contributed by atoms with E-state index in [4.69, 9.17) is 0 Å². The van der Waals surface area contributed by atoms with Crippen molar-refractivity contribution in [3.05, 3.63) is 51.5 Å². The average Bonchev–Trinajstić information content (AvgIpc) is 2.76. The Morgan fingerprint density at radius 3 is 2.61 bits per heavy atom. The first-order valence-electron chi connectivity index (χ1n) is 5.94. The lowest BCUT2D eigenvalue weighted by Crippen LogP contribution is -2.11. The van der Waals surface area contributed by atoms with Gasteiger partial charge in [-0.05, 0) is 36.2 Å². The Morgan fingerprint density at radius 2 is 1.94 bits per heavy atom.